The van der Waals surface area contributed by atoms with Crippen LogP contribution in [-0.2, 0) is 6.54 Å². The van der Waals surface area contributed by atoms with Crippen LogP contribution in [0.5, 0.6) is 0 Å². The van der Waals surface area contributed by atoms with Crippen LogP contribution in [0.1, 0.15) is 39.3 Å². The SMILES string of the molecule is CCNc1cccc(CN(C)C(CC)CC)n1. The Kier molecular flexibility index (Phi) is 5.98. The summed E-state index contributed by atoms with van der Waals surface area (Å²) in [7, 11) is 2.18. The fourth-order valence-electron chi connectivity index (χ4n) is 2.14. The van der Waals surface area contributed by atoms with Crippen molar-refractivity contribution in [1.29, 1.82) is 0 Å². The predicted molar refractivity (Wildman–Crippen MR) is 74.2 cm³/mol. The van der Waals surface area contributed by atoms with Gasteiger partial charge in [-0.05, 0) is 38.9 Å². The maximum absolute atomic E-state index is 4.60. The Hall–Kier alpha value is -1.09. The van der Waals surface area contributed by atoms with Crippen LogP contribution in [-0.4, -0.2) is 29.5 Å². The molecule has 96 valence electrons. The summed E-state index contributed by atoms with van der Waals surface area (Å²) < 4.78 is 0. The summed E-state index contributed by atoms with van der Waals surface area (Å²) >= 11 is 0. The molecule has 1 heterocycles. The van der Waals surface area contributed by atoms with Crippen LogP contribution < -0.4 is 5.32 Å². The van der Waals surface area contributed by atoms with Crippen LogP contribution in [0.3, 0.4) is 0 Å². The number of nitrogens with zero attached hydrogens (tertiary/aromatic N) is 2. The van der Waals surface area contributed by atoms with Crippen molar-refractivity contribution in [2.24, 2.45) is 0 Å². The molecule has 0 spiro atoms. The highest BCUT2D eigenvalue weighted by Gasteiger charge is 2.11. The maximum Gasteiger partial charge on any atom is 0.126 e. The summed E-state index contributed by atoms with van der Waals surface area (Å²) in [5.74, 6) is 0.975. The van der Waals surface area contributed by atoms with Gasteiger partial charge in [-0.15, -0.1) is 0 Å². The molecule has 1 aromatic rings. The van der Waals surface area contributed by atoms with Gasteiger partial charge < -0.3 is 5.32 Å². The molecule has 0 aromatic carbocycles. The van der Waals surface area contributed by atoms with E-state index in [2.05, 4.69) is 55.2 Å². The molecular weight excluding hydrogens is 210 g/mol. The highest BCUT2D eigenvalue weighted by molar-refractivity contribution is 5.34. The minimum atomic E-state index is 0.652. The molecular formula is C14H25N3. The Morgan fingerprint density at radius 1 is 1.24 bits per heavy atom. The molecule has 0 bridgehead atoms. The summed E-state index contributed by atoms with van der Waals surface area (Å²) in [6, 6.07) is 6.84. The molecule has 0 aliphatic heterocycles. The van der Waals surface area contributed by atoms with Gasteiger partial charge >= 0.3 is 0 Å². The molecule has 0 radical (unpaired) electrons. The molecule has 0 aliphatic rings. The summed E-state index contributed by atoms with van der Waals surface area (Å²) in [5, 5.41) is 3.25. The highest BCUT2D eigenvalue weighted by atomic mass is 15.1. The number of aromatic nitrogens is 1. The Labute approximate surface area is 105 Å². The van der Waals surface area contributed by atoms with Crippen molar-refractivity contribution in [2.75, 3.05) is 18.9 Å². The van der Waals surface area contributed by atoms with E-state index in [1.807, 2.05) is 6.07 Å². The van der Waals surface area contributed by atoms with Crippen LogP contribution in [0.2, 0.25) is 0 Å². The van der Waals surface area contributed by atoms with E-state index >= 15 is 0 Å². The van der Waals surface area contributed by atoms with Crippen LogP contribution in [0, 0.1) is 0 Å². The van der Waals surface area contributed by atoms with E-state index in [1.54, 1.807) is 0 Å². The third kappa shape index (κ3) is 4.35. The van der Waals surface area contributed by atoms with E-state index in [-0.39, 0.29) is 0 Å². The average Bonchev–Trinajstić information content (AvgIpc) is 2.31. The first-order valence-corrected chi connectivity index (χ1v) is 6.61. The van der Waals surface area contributed by atoms with E-state index in [9.17, 15) is 0 Å². The minimum absolute atomic E-state index is 0.652. The molecule has 1 aromatic heterocycles. The Morgan fingerprint density at radius 2 is 1.94 bits per heavy atom. The zero-order valence-corrected chi connectivity index (χ0v) is 11.5. The van der Waals surface area contributed by atoms with Crippen LogP contribution in [0.15, 0.2) is 18.2 Å². The highest BCUT2D eigenvalue weighted by Crippen LogP contribution is 2.11. The van der Waals surface area contributed by atoms with Crippen LogP contribution in [0.25, 0.3) is 0 Å². The van der Waals surface area contributed by atoms with E-state index in [0.29, 0.717) is 6.04 Å². The summed E-state index contributed by atoms with van der Waals surface area (Å²) in [4.78, 5) is 6.99. The van der Waals surface area contributed by atoms with Gasteiger partial charge in [-0.2, -0.15) is 0 Å². The molecule has 3 heteroatoms. The molecule has 0 saturated heterocycles. The fraction of sp³-hybridized carbons (Fsp3) is 0.643. The van der Waals surface area contributed by atoms with E-state index < -0.39 is 0 Å². The van der Waals surface area contributed by atoms with E-state index in [4.69, 9.17) is 0 Å². The Bertz CT molecular complexity index is 321. The number of anilines is 1. The van der Waals surface area contributed by atoms with E-state index in [0.717, 1.165) is 24.6 Å². The first-order valence-electron chi connectivity index (χ1n) is 6.61. The fourth-order valence-corrected chi connectivity index (χ4v) is 2.14. The third-order valence-electron chi connectivity index (χ3n) is 3.14. The van der Waals surface area contributed by atoms with Gasteiger partial charge in [-0.1, -0.05) is 19.9 Å². The molecule has 0 aliphatic carbocycles. The second-order valence-electron chi connectivity index (χ2n) is 4.43. The minimum Gasteiger partial charge on any atom is -0.370 e. The quantitative estimate of drug-likeness (QED) is 0.787. The van der Waals surface area contributed by atoms with Crippen molar-refractivity contribution in [3.8, 4) is 0 Å². The van der Waals surface area contributed by atoms with Crippen LogP contribution in [0.4, 0.5) is 5.82 Å². The van der Waals surface area contributed by atoms with Gasteiger partial charge in [0.25, 0.3) is 0 Å². The van der Waals surface area contributed by atoms with Crippen LogP contribution >= 0.6 is 0 Å². The molecule has 1 N–H and O–H groups in total. The van der Waals surface area contributed by atoms with Gasteiger partial charge in [0.05, 0.1) is 5.69 Å². The van der Waals surface area contributed by atoms with Gasteiger partial charge in [-0.3, -0.25) is 4.90 Å². The lowest BCUT2D eigenvalue weighted by atomic mass is 10.1. The largest absolute Gasteiger partial charge is 0.370 e. The topological polar surface area (TPSA) is 28.2 Å². The monoisotopic (exact) mass is 235 g/mol. The molecule has 3 nitrogen and oxygen atoms in total. The molecule has 0 fully saturated rings. The van der Waals surface area contributed by atoms with Gasteiger partial charge in [0, 0.05) is 19.1 Å². The number of nitrogens with one attached hydrogen (secondary N) is 1. The van der Waals surface area contributed by atoms with Crippen molar-refractivity contribution in [1.82, 2.24) is 9.88 Å². The normalized spacial score (nSPS) is 11.2. The Balaban J connectivity index is 2.63. The molecule has 0 saturated carbocycles. The van der Waals surface area contributed by atoms with Crippen molar-refractivity contribution in [3.05, 3.63) is 23.9 Å². The standard InChI is InChI=1S/C14H25N3/c1-5-13(6-2)17(4)11-12-9-8-10-14(16-12)15-7-3/h8-10,13H,5-7,11H2,1-4H3,(H,15,16). The third-order valence-corrected chi connectivity index (χ3v) is 3.14. The molecule has 0 unspecified atom stereocenters. The number of pyridine rings is 1. The number of hydrogen-bond acceptors (Lipinski definition) is 3. The second kappa shape index (κ2) is 7.28. The summed E-state index contributed by atoms with van der Waals surface area (Å²) in [6.07, 6.45) is 2.39. The Morgan fingerprint density at radius 3 is 2.53 bits per heavy atom. The lowest BCUT2D eigenvalue weighted by Gasteiger charge is -2.25. The van der Waals surface area contributed by atoms with Crippen molar-refractivity contribution < 1.29 is 0 Å². The maximum atomic E-state index is 4.60. The summed E-state index contributed by atoms with van der Waals surface area (Å²) in [5.41, 5.74) is 1.14. The van der Waals surface area contributed by atoms with Crippen molar-refractivity contribution in [3.63, 3.8) is 0 Å². The van der Waals surface area contributed by atoms with Gasteiger partial charge in [0.2, 0.25) is 0 Å². The predicted octanol–water partition coefficient (Wildman–Crippen LogP) is 3.13. The first kappa shape index (κ1) is 14.0. The van der Waals surface area contributed by atoms with Gasteiger partial charge in [0.1, 0.15) is 5.82 Å². The lowest BCUT2D eigenvalue weighted by molar-refractivity contribution is 0.219. The smallest absolute Gasteiger partial charge is 0.126 e. The van der Waals surface area contributed by atoms with E-state index in [1.165, 1.54) is 12.8 Å². The van der Waals surface area contributed by atoms with Gasteiger partial charge in [-0.25, -0.2) is 4.98 Å². The molecule has 17 heavy (non-hydrogen) atoms. The number of hydrogen-bond donors (Lipinski definition) is 1. The van der Waals surface area contributed by atoms with Crippen molar-refractivity contribution in [2.45, 2.75) is 46.2 Å². The number of rotatable bonds is 7. The van der Waals surface area contributed by atoms with Gasteiger partial charge in [0.15, 0.2) is 0 Å². The molecule has 0 amide bonds. The molecule has 0 atom stereocenters. The second-order valence-corrected chi connectivity index (χ2v) is 4.43. The zero-order chi connectivity index (χ0) is 12.7. The zero-order valence-electron chi connectivity index (χ0n) is 11.5. The van der Waals surface area contributed by atoms with Crippen molar-refractivity contribution >= 4 is 5.82 Å². The lowest BCUT2D eigenvalue weighted by Crippen LogP contribution is -2.30. The average molecular weight is 235 g/mol. The summed E-state index contributed by atoms with van der Waals surface area (Å²) in [6.45, 7) is 8.41. The first-order chi connectivity index (χ1) is 8.21. The molecule has 1 rings (SSSR count).